The van der Waals surface area contributed by atoms with E-state index in [4.69, 9.17) is 0 Å². The Bertz CT molecular complexity index is 368. The Morgan fingerprint density at radius 3 is 1.27 bits per heavy atom. The summed E-state index contributed by atoms with van der Waals surface area (Å²) in [5, 5.41) is 12.7. The monoisotopic (exact) mass is 425 g/mol. The zero-order chi connectivity index (χ0) is 22.3. The van der Waals surface area contributed by atoms with Crippen LogP contribution in [0.3, 0.4) is 0 Å². The van der Waals surface area contributed by atoms with E-state index < -0.39 is 5.72 Å². The summed E-state index contributed by atoms with van der Waals surface area (Å²) >= 11 is 0. The maximum absolute atomic E-state index is 11.8. The molecule has 0 spiro atoms. The molecule has 0 rings (SSSR count). The molecule has 30 heavy (non-hydrogen) atoms. The van der Waals surface area contributed by atoms with E-state index in [0.29, 0.717) is 12.8 Å². The van der Waals surface area contributed by atoms with Crippen molar-refractivity contribution in [2.45, 2.75) is 168 Å². The van der Waals surface area contributed by atoms with Gasteiger partial charge in [0.2, 0.25) is 5.91 Å². The Morgan fingerprint density at radius 1 is 0.600 bits per heavy atom. The van der Waals surface area contributed by atoms with Gasteiger partial charge in [0, 0.05) is 6.42 Å². The van der Waals surface area contributed by atoms with Crippen molar-refractivity contribution in [3.8, 4) is 0 Å². The third-order valence-electron chi connectivity index (χ3n) is 6.15. The highest BCUT2D eigenvalue weighted by atomic mass is 16.3. The van der Waals surface area contributed by atoms with E-state index in [1.54, 1.807) is 6.92 Å². The van der Waals surface area contributed by atoms with Gasteiger partial charge in [-0.3, -0.25) is 4.79 Å². The first kappa shape index (κ1) is 29.4. The number of amides is 1. The second-order valence-corrected chi connectivity index (χ2v) is 9.69. The molecular weight excluding hydrogens is 370 g/mol. The predicted octanol–water partition coefficient (Wildman–Crippen LogP) is 8.43. The van der Waals surface area contributed by atoms with Gasteiger partial charge in [0.1, 0.15) is 5.72 Å². The lowest BCUT2D eigenvalue weighted by molar-refractivity contribution is -0.128. The lowest BCUT2D eigenvalue weighted by Gasteiger charge is -2.24. The summed E-state index contributed by atoms with van der Waals surface area (Å²) in [6, 6.07) is 0. The van der Waals surface area contributed by atoms with E-state index in [1.165, 1.54) is 109 Å². The molecule has 0 heterocycles. The SMILES string of the molecule is CCCCCCCCCCCCCCCCCCCCCC(=O)NC(C)(O)CCC. The van der Waals surface area contributed by atoms with Crippen LogP contribution in [0, 0.1) is 0 Å². The van der Waals surface area contributed by atoms with Crippen LogP contribution in [0.2, 0.25) is 0 Å². The molecule has 0 fully saturated rings. The number of nitrogens with one attached hydrogen (secondary N) is 1. The minimum atomic E-state index is -1.04. The van der Waals surface area contributed by atoms with Gasteiger partial charge in [0.25, 0.3) is 0 Å². The fraction of sp³-hybridized carbons (Fsp3) is 0.963. The standard InChI is InChI=1S/C27H55NO2/c1-4-6-7-8-9-10-11-12-13-14-15-16-17-18-19-20-21-22-23-24-26(29)28-27(3,30)25-5-2/h30H,4-25H2,1-3H3,(H,28,29). The molecule has 0 aromatic heterocycles. The van der Waals surface area contributed by atoms with Crippen LogP contribution >= 0.6 is 0 Å². The van der Waals surface area contributed by atoms with Crippen LogP contribution in [0.25, 0.3) is 0 Å². The van der Waals surface area contributed by atoms with E-state index in [2.05, 4.69) is 12.2 Å². The summed E-state index contributed by atoms with van der Waals surface area (Å²) in [6.45, 7) is 5.98. The quantitative estimate of drug-likeness (QED) is 0.127. The van der Waals surface area contributed by atoms with Crippen molar-refractivity contribution in [1.82, 2.24) is 5.32 Å². The summed E-state index contributed by atoms with van der Waals surface area (Å²) < 4.78 is 0. The number of unbranched alkanes of at least 4 members (excludes halogenated alkanes) is 18. The van der Waals surface area contributed by atoms with E-state index in [0.717, 1.165) is 19.3 Å². The molecule has 0 saturated carbocycles. The molecule has 0 bridgehead atoms. The smallest absolute Gasteiger partial charge is 0.222 e. The largest absolute Gasteiger partial charge is 0.371 e. The molecule has 2 N–H and O–H groups in total. The lowest BCUT2D eigenvalue weighted by atomic mass is 10.0. The lowest BCUT2D eigenvalue weighted by Crippen LogP contribution is -2.45. The molecule has 1 atom stereocenters. The minimum Gasteiger partial charge on any atom is -0.371 e. The second-order valence-electron chi connectivity index (χ2n) is 9.69. The first-order valence-corrected chi connectivity index (χ1v) is 13.5. The van der Waals surface area contributed by atoms with Crippen molar-refractivity contribution in [1.29, 1.82) is 0 Å². The Labute approximate surface area is 189 Å². The van der Waals surface area contributed by atoms with Crippen molar-refractivity contribution >= 4 is 5.91 Å². The maximum Gasteiger partial charge on any atom is 0.222 e. The zero-order valence-corrected chi connectivity index (χ0v) is 20.9. The van der Waals surface area contributed by atoms with Gasteiger partial charge >= 0.3 is 0 Å². The van der Waals surface area contributed by atoms with Gasteiger partial charge in [-0.1, -0.05) is 136 Å². The molecular formula is C27H55NO2. The van der Waals surface area contributed by atoms with Gasteiger partial charge < -0.3 is 10.4 Å². The van der Waals surface area contributed by atoms with Crippen LogP contribution in [0.15, 0.2) is 0 Å². The molecule has 0 aliphatic rings. The molecule has 0 aliphatic carbocycles. The Balaban J connectivity index is 3.20. The number of hydrogen-bond acceptors (Lipinski definition) is 2. The Kier molecular flexibility index (Phi) is 21.2. The summed E-state index contributed by atoms with van der Waals surface area (Å²) in [5.74, 6) is -0.0135. The predicted molar refractivity (Wildman–Crippen MR) is 132 cm³/mol. The molecule has 1 unspecified atom stereocenters. The van der Waals surface area contributed by atoms with Gasteiger partial charge in [-0.25, -0.2) is 0 Å². The summed E-state index contributed by atoms with van der Waals surface area (Å²) in [4.78, 5) is 11.8. The third kappa shape index (κ3) is 22.1. The van der Waals surface area contributed by atoms with Crippen LogP contribution < -0.4 is 5.32 Å². The van der Waals surface area contributed by atoms with E-state index in [-0.39, 0.29) is 5.91 Å². The van der Waals surface area contributed by atoms with Gasteiger partial charge in [0.05, 0.1) is 0 Å². The number of rotatable bonds is 23. The zero-order valence-electron chi connectivity index (χ0n) is 20.9. The molecule has 0 aliphatic heterocycles. The van der Waals surface area contributed by atoms with Gasteiger partial charge in [-0.15, -0.1) is 0 Å². The summed E-state index contributed by atoms with van der Waals surface area (Å²) in [7, 11) is 0. The molecule has 0 saturated heterocycles. The fourth-order valence-electron chi connectivity index (χ4n) is 4.28. The molecule has 180 valence electrons. The summed E-state index contributed by atoms with van der Waals surface area (Å²) in [6.07, 6.45) is 27.9. The highest BCUT2D eigenvalue weighted by Gasteiger charge is 2.20. The molecule has 1 amide bonds. The molecule has 0 aromatic rings. The van der Waals surface area contributed by atoms with Crippen molar-refractivity contribution in [2.24, 2.45) is 0 Å². The molecule has 3 heteroatoms. The van der Waals surface area contributed by atoms with Crippen LogP contribution in [-0.4, -0.2) is 16.7 Å². The van der Waals surface area contributed by atoms with Crippen LogP contribution in [-0.2, 0) is 4.79 Å². The Hall–Kier alpha value is -0.570. The molecule has 0 radical (unpaired) electrons. The van der Waals surface area contributed by atoms with Gasteiger partial charge in [-0.2, -0.15) is 0 Å². The van der Waals surface area contributed by atoms with Crippen molar-refractivity contribution < 1.29 is 9.90 Å². The van der Waals surface area contributed by atoms with Crippen LogP contribution in [0.1, 0.15) is 162 Å². The van der Waals surface area contributed by atoms with Crippen LogP contribution in [0.4, 0.5) is 0 Å². The number of aliphatic hydroxyl groups is 1. The van der Waals surface area contributed by atoms with Crippen molar-refractivity contribution in [2.75, 3.05) is 0 Å². The third-order valence-corrected chi connectivity index (χ3v) is 6.15. The maximum atomic E-state index is 11.8. The second kappa shape index (κ2) is 21.7. The van der Waals surface area contributed by atoms with E-state index in [9.17, 15) is 9.90 Å². The summed E-state index contributed by atoms with van der Waals surface area (Å²) in [5.41, 5.74) is -1.04. The number of carbonyl (C=O) groups excluding carboxylic acids is 1. The number of hydrogen-bond donors (Lipinski definition) is 2. The topological polar surface area (TPSA) is 49.3 Å². The Morgan fingerprint density at radius 2 is 0.933 bits per heavy atom. The highest BCUT2D eigenvalue weighted by Crippen LogP contribution is 2.15. The normalized spacial score (nSPS) is 13.3. The van der Waals surface area contributed by atoms with E-state index >= 15 is 0 Å². The van der Waals surface area contributed by atoms with Crippen LogP contribution in [0.5, 0.6) is 0 Å². The molecule has 3 nitrogen and oxygen atoms in total. The first-order valence-electron chi connectivity index (χ1n) is 13.5. The van der Waals surface area contributed by atoms with Gasteiger partial charge in [-0.05, 0) is 19.8 Å². The highest BCUT2D eigenvalue weighted by molar-refractivity contribution is 5.76. The first-order chi connectivity index (χ1) is 14.5. The average molecular weight is 426 g/mol. The molecule has 0 aromatic carbocycles. The number of carbonyl (C=O) groups is 1. The van der Waals surface area contributed by atoms with Crippen molar-refractivity contribution in [3.05, 3.63) is 0 Å². The van der Waals surface area contributed by atoms with Crippen molar-refractivity contribution in [3.63, 3.8) is 0 Å². The van der Waals surface area contributed by atoms with E-state index in [1.807, 2.05) is 6.92 Å². The fourth-order valence-corrected chi connectivity index (χ4v) is 4.28. The van der Waals surface area contributed by atoms with Gasteiger partial charge in [0.15, 0.2) is 0 Å². The minimum absolute atomic E-state index is 0.0135. The average Bonchev–Trinajstić information content (AvgIpc) is 2.69.